The molecule has 0 atom stereocenters. The van der Waals surface area contributed by atoms with Gasteiger partial charge in [0.25, 0.3) is 0 Å². The number of anilines is 1. The van der Waals surface area contributed by atoms with Crippen LogP contribution in [-0.2, 0) is 20.8 Å². The van der Waals surface area contributed by atoms with Gasteiger partial charge in [0.2, 0.25) is 5.60 Å². The van der Waals surface area contributed by atoms with Gasteiger partial charge >= 0.3 is 29.6 Å². The third-order valence-corrected chi connectivity index (χ3v) is 9.47. The molecule has 1 N–H and O–H groups in total. The molecule has 7 aromatic rings. The van der Waals surface area contributed by atoms with Crippen LogP contribution >= 0.6 is 11.3 Å². The van der Waals surface area contributed by atoms with E-state index in [-0.39, 0.29) is 29.6 Å². The van der Waals surface area contributed by atoms with E-state index in [0.29, 0.717) is 11.3 Å². The Kier molecular flexibility index (Phi) is 11.2. The first-order chi connectivity index (χ1) is 24.6. The van der Waals surface area contributed by atoms with Gasteiger partial charge in [0.15, 0.2) is 5.13 Å². The van der Waals surface area contributed by atoms with E-state index in [2.05, 4.69) is 83.3 Å². The first-order valence-electron chi connectivity index (χ1n) is 16.1. The smallest absolute Gasteiger partial charge is 0.544 e. The molecule has 0 bridgehead atoms. The molecular formula is C43H32N3NaO3S. The minimum absolute atomic E-state index is 0. The molecule has 0 unspecified atom stereocenters. The fraction of sp³-hybridized carbons (Fsp3) is 0.0465. The van der Waals surface area contributed by atoms with Crippen LogP contribution in [0.15, 0.2) is 186 Å². The van der Waals surface area contributed by atoms with Crippen LogP contribution in [0.3, 0.4) is 0 Å². The van der Waals surface area contributed by atoms with Gasteiger partial charge in [-0.15, -0.1) is 11.3 Å². The number of benzene rings is 6. The Morgan fingerprint density at radius 1 is 0.627 bits per heavy atom. The summed E-state index contributed by atoms with van der Waals surface area (Å²) >= 11 is 1.51. The van der Waals surface area contributed by atoms with Crippen LogP contribution in [0.2, 0.25) is 0 Å². The van der Waals surface area contributed by atoms with Crippen LogP contribution in [0.5, 0.6) is 0 Å². The SMILES string of the molecule is O=C([O-])/C=N\OC(c1ccccc1)(c1ccccc1)c1ccccc1-c1csc(NC(c2ccccc2)(c2ccccc2)c2ccccc2)n1.[Na+]. The van der Waals surface area contributed by atoms with E-state index in [4.69, 9.17) is 9.82 Å². The molecule has 51 heavy (non-hydrogen) atoms. The summed E-state index contributed by atoms with van der Waals surface area (Å²) in [6.45, 7) is 0. The van der Waals surface area contributed by atoms with E-state index < -0.39 is 17.1 Å². The second-order valence-electron chi connectivity index (χ2n) is 11.6. The monoisotopic (exact) mass is 693 g/mol. The number of oxime groups is 1. The Hall–Kier alpha value is -5.31. The molecule has 0 aliphatic carbocycles. The molecule has 7 rings (SSSR count). The van der Waals surface area contributed by atoms with Crippen LogP contribution in [0, 0.1) is 0 Å². The van der Waals surface area contributed by atoms with Crippen molar-refractivity contribution in [2.45, 2.75) is 11.1 Å². The van der Waals surface area contributed by atoms with E-state index in [1.165, 1.54) is 11.3 Å². The molecule has 0 radical (unpaired) electrons. The third-order valence-electron chi connectivity index (χ3n) is 8.71. The van der Waals surface area contributed by atoms with Gasteiger partial charge in [0.05, 0.1) is 17.9 Å². The Labute approximate surface area is 323 Å². The molecule has 0 aliphatic heterocycles. The minimum Gasteiger partial charge on any atom is -0.544 e. The van der Waals surface area contributed by atoms with Gasteiger partial charge in [-0.05, 0) is 16.7 Å². The molecule has 0 spiro atoms. The predicted octanol–water partition coefficient (Wildman–Crippen LogP) is 5.26. The molecule has 8 heteroatoms. The number of hydrogen-bond donors (Lipinski definition) is 1. The van der Waals surface area contributed by atoms with Gasteiger partial charge in [-0.1, -0.05) is 181 Å². The van der Waals surface area contributed by atoms with Crippen molar-refractivity contribution in [3.05, 3.63) is 215 Å². The summed E-state index contributed by atoms with van der Waals surface area (Å²) in [7, 11) is 0. The summed E-state index contributed by atoms with van der Waals surface area (Å²) in [6.07, 6.45) is 0.657. The Balaban J connectivity index is 0.00000448. The van der Waals surface area contributed by atoms with Crippen molar-refractivity contribution in [1.82, 2.24) is 4.98 Å². The van der Waals surface area contributed by atoms with E-state index >= 15 is 0 Å². The Bertz CT molecular complexity index is 2060. The Morgan fingerprint density at radius 3 is 1.49 bits per heavy atom. The van der Waals surface area contributed by atoms with E-state index in [1.807, 2.05) is 109 Å². The molecule has 0 saturated heterocycles. The molecule has 1 heterocycles. The van der Waals surface area contributed by atoms with Crippen molar-refractivity contribution >= 4 is 28.7 Å². The van der Waals surface area contributed by atoms with E-state index in [1.54, 1.807) is 0 Å². The Morgan fingerprint density at radius 2 is 1.04 bits per heavy atom. The van der Waals surface area contributed by atoms with Crippen LogP contribution < -0.4 is 40.0 Å². The number of carboxylic acid groups (broad SMARTS) is 1. The maximum Gasteiger partial charge on any atom is 1.00 e. The van der Waals surface area contributed by atoms with Crippen molar-refractivity contribution in [2.75, 3.05) is 5.32 Å². The van der Waals surface area contributed by atoms with Crippen LogP contribution in [0.1, 0.15) is 33.4 Å². The average Bonchev–Trinajstić information content (AvgIpc) is 3.66. The average molecular weight is 694 g/mol. The normalized spacial score (nSPS) is 11.5. The number of rotatable bonds is 12. The number of nitrogens with one attached hydrogen (secondary N) is 1. The van der Waals surface area contributed by atoms with Gasteiger partial charge < -0.3 is 20.1 Å². The third kappa shape index (κ3) is 7.16. The summed E-state index contributed by atoms with van der Waals surface area (Å²) < 4.78 is 0. The summed E-state index contributed by atoms with van der Waals surface area (Å²) in [5.41, 5.74) is 4.92. The number of hydrogen-bond acceptors (Lipinski definition) is 7. The molecular weight excluding hydrogens is 662 g/mol. The number of carbonyl (C=O) groups excluding carboxylic acids is 1. The first-order valence-corrected chi connectivity index (χ1v) is 17.0. The van der Waals surface area contributed by atoms with Crippen LogP contribution in [0.4, 0.5) is 5.13 Å². The first kappa shape index (κ1) is 35.5. The zero-order chi connectivity index (χ0) is 34.2. The molecule has 0 saturated carbocycles. The number of nitrogens with zero attached hydrogens (tertiary/aromatic N) is 2. The van der Waals surface area contributed by atoms with Gasteiger partial charge in [0, 0.05) is 27.6 Å². The van der Waals surface area contributed by atoms with E-state index in [9.17, 15) is 9.90 Å². The number of aromatic nitrogens is 1. The number of carboxylic acids is 1. The minimum atomic E-state index is -1.46. The molecule has 6 nitrogen and oxygen atoms in total. The van der Waals surface area contributed by atoms with Gasteiger partial charge in [-0.2, -0.15) is 0 Å². The summed E-state index contributed by atoms with van der Waals surface area (Å²) in [5.74, 6) is -1.46. The second-order valence-corrected chi connectivity index (χ2v) is 12.5. The topological polar surface area (TPSA) is 86.6 Å². The van der Waals surface area contributed by atoms with Crippen molar-refractivity contribution in [3.8, 4) is 11.3 Å². The zero-order valence-electron chi connectivity index (χ0n) is 27.9. The fourth-order valence-electron chi connectivity index (χ4n) is 6.54. The maximum absolute atomic E-state index is 11.5. The summed E-state index contributed by atoms with van der Waals surface area (Å²) in [5, 5.41) is 22.0. The maximum atomic E-state index is 11.5. The van der Waals surface area contributed by atoms with Gasteiger partial charge in [0.1, 0.15) is 5.54 Å². The van der Waals surface area contributed by atoms with Crippen LogP contribution in [-0.4, -0.2) is 17.2 Å². The second kappa shape index (κ2) is 16.1. The zero-order valence-corrected chi connectivity index (χ0v) is 30.7. The van der Waals surface area contributed by atoms with E-state index in [0.717, 1.165) is 44.6 Å². The number of thiazole rings is 1. The van der Waals surface area contributed by atoms with Crippen molar-refractivity contribution in [2.24, 2.45) is 5.16 Å². The molecule has 1 aromatic heterocycles. The van der Waals surface area contributed by atoms with Crippen LogP contribution in [0.25, 0.3) is 11.3 Å². The summed E-state index contributed by atoms with van der Waals surface area (Å²) in [6, 6.07) is 58.3. The quantitative estimate of drug-likeness (QED) is 0.0817. The molecule has 244 valence electrons. The largest absolute Gasteiger partial charge is 1.00 e. The molecule has 6 aromatic carbocycles. The number of aliphatic carboxylic acids is 1. The predicted molar refractivity (Wildman–Crippen MR) is 198 cm³/mol. The summed E-state index contributed by atoms with van der Waals surface area (Å²) in [4.78, 5) is 23.0. The van der Waals surface area contributed by atoms with Gasteiger partial charge in [-0.25, -0.2) is 4.98 Å². The standard InChI is InChI=1S/C43H33N3O3S.Na/c47-40(48)30-44-49-43(35-24-12-4-13-25-35,36-26-14-5-15-27-36)38-29-17-16-28-37(38)39-31-50-41(45-39)46-42(32-18-6-1-7-19-32,33-20-8-2-9-21-33)34-22-10-3-11-23-34;/h1-31H,(H,45,46)(H,47,48);/q;+1/p-1/b44-30-;. The number of carbonyl (C=O) groups is 1. The van der Waals surface area contributed by atoms with Crippen molar-refractivity contribution in [3.63, 3.8) is 0 Å². The van der Waals surface area contributed by atoms with Crippen molar-refractivity contribution in [1.29, 1.82) is 0 Å². The van der Waals surface area contributed by atoms with Gasteiger partial charge in [-0.3, -0.25) is 0 Å². The molecule has 0 aliphatic rings. The molecule has 0 fully saturated rings. The van der Waals surface area contributed by atoms with Crippen molar-refractivity contribution < 1.29 is 44.3 Å². The molecule has 0 amide bonds. The fourth-order valence-corrected chi connectivity index (χ4v) is 7.30.